The molecule has 0 saturated carbocycles. The number of anilines is 1. The Kier molecular flexibility index (Phi) is 4.90. The lowest BCUT2D eigenvalue weighted by molar-refractivity contribution is 0.0902. The molecule has 1 amide bonds. The van der Waals surface area contributed by atoms with Gasteiger partial charge in [-0.1, -0.05) is 13.8 Å². The van der Waals surface area contributed by atoms with Gasteiger partial charge in [0.05, 0.1) is 5.56 Å². The molecule has 1 aliphatic carbocycles. The Morgan fingerprint density at radius 1 is 1.23 bits per heavy atom. The third-order valence-electron chi connectivity index (χ3n) is 6.35. The number of Topliss-reactive ketones (excluding diaryl/α,β-unsaturated/α-hetero) is 1. The van der Waals surface area contributed by atoms with Crippen LogP contribution in [0.2, 0.25) is 0 Å². The summed E-state index contributed by atoms with van der Waals surface area (Å²) in [7, 11) is 0. The Labute approximate surface area is 185 Å². The number of ether oxygens (including phenoxy) is 1. The highest BCUT2D eigenvalue weighted by molar-refractivity contribution is 7.17. The summed E-state index contributed by atoms with van der Waals surface area (Å²) in [5.74, 6) is -0.240. The third-order valence-corrected chi connectivity index (χ3v) is 7.25. The molecule has 1 saturated heterocycles. The Hall–Kier alpha value is -2.64. The molecule has 31 heavy (non-hydrogen) atoms. The molecule has 0 radical (unpaired) electrons. The summed E-state index contributed by atoms with van der Waals surface area (Å²) >= 11 is 1.64. The fourth-order valence-corrected chi connectivity index (χ4v) is 5.86. The fraction of sp³-hybridized carbons (Fsp3) is 0.417. The van der Waals surface area contributed by atoms with Gasteiger partial charge in [-0.05, 0) is 54.3 Å². The van der Waals surface area contributed by atoms with Crippen LogP contribution in [-0.2, 0) is 11.2 Å². The lowest BCUT2D eigenvalue weighted by Crippen LogP contribution is -2.29. The zero-order valence-corrected chi connectivity index (χ0v) is 18.7. The first kappa shape index (κ1) is 20.3. The van der Waals surface area contributed by atoms with Crippen molar-refractivity contribution in [3.8, 4) is 5.69 Å². The number of hydrogen-bond acceptors (Lipinski definition) is 5. The number of aromatic nitrogens is 1. The number of amides is 1. The molecule has 2 aliphatic rings. The molecule has 6 nitrogen and oxygen atoms in total. The number of rotatable bonds is 4. The van der Waals surface area contributed by atoms with Crippen molar-refractivity contribution in [3.05, 3.63) is 46.5 Å². The van der Waals surface area contributed by atoms with Gasteiger partial charge in [0.15, 0.2) is 5.78 Å². The molecule has 5 rings (SSSR count). The van der Waals surface area contributed by atoms with E-state index in [-0.39, 0.29) is 17.2 Å². The van der Waals surface area contributed by atoms with E-state index in [0.717, 1.165) is 52.1 Å². The number of carbonyl (C=O) groups is 2. The Bertz CT molecular complexity index is 1180. The molecule has 0 bridgehead atoms. The maximum Gasteiger partial charge on any atom is 0.250 e. The Morgan fingerprint density at radius 3 is 2.74 bits per heavy atom. The van der Waals surface area contributed by atoms with Crippen LogP contribution in [0.15, 0.2) is 29.6 Å². The predicted molar refractivity (Wildman–Crippen MR) is 124 cm³/mol. The fourth-order valence-electron chi connectivity index (χ4n) is 4.91. The van der Waals surface area contributed by atoms with Crippen molar-refractivity contribution >= 4 is 38.9 Å². The summed E-state index contributed by atoms with van der Waals surface area (Å²) < 4.78 is 7.66. The van der Waals surface area contributed by atoms with E-state index >= 15 is 0 Å². The molecular formula is C24H27N3O3S. The minimum atomic E-state index is -0.451. The number of primary amides is 1. The summed E-state index contributed by atoms with van der Waals surface area (Å²) in [6.07, 6.45) is 3.17. The number of hydrogen-bond donors (Lipinski definition) is 2. The van der Waals surface area contributed by atoms with E-state index < -0.39 is 5.91 Å². The number of carbonyl (C=O) groups excluding carboxylic acids is 2. The molecule has 1 aliphatic heterocycles. The highest BCUT2D eigenvalue weighted by atomic mass is 32.1. The van der Waals surface area contributed by atoms with Crippen molar-refractivity contribution < 1.29 is 14.3 Å². The number of thiophene rings is 1. The number of nitrogens with two attached hydrogens (primary N) is 1. The van der Waals surface area contributed by atoms with Crippen molar-refractivity contribution in [1.29, 1.82) is 0 Å². The highest BCUT2D eigenvalue weighted by Gasteiger charge is 2.36. The average molecular weight is 438 g/mol. The van der Waals surface area contributed by atoms with Gasteiger partial charge in [0.2, 0.25) is 0 Å². The topological polar surface area (TPSA) is 86.4 Å². The monoisotopic (exact) mass is 437 g/mol. The SMILES string of the molecule is CC1(C)CC(=O)c2c(n(-c3ccc(C(N)=O)c(NC4CCOCC4)c3)c3sccc23)C1. The number of nitrogens with one attached hydrogen (secondary N) is 1. The smallest absolute Gasteiger partial charge is 0.250 e. The summed E-state index contributed by atoms with van der Waals surface area (Å²) in [5, 5.41) is 6.58. The zero-order chi connectivity index (χ0) is 21.8. The molecule has 0 atom stereocenters. The van der Waals surface area contributed by atoms with Crippen molar-refractivity contribution in [1.82, 2.24) is 4.57 Å². The van der Waals surface area contributed by atoms with Crippen LogP contribution in [0.25, 0.3) is 15.9 Å². The molecule has 1 aromatic carbocycles. The molecule has 3 heterocycles. The normalized spacial score (nSPS) is 18.8. The highest BCUT2D eigenvalue weighted by Crippen LogP contribution is 2.43. The van der Waals surface area contributed by atoms with Gasteiger partial charge >= 0.3 is 0 Å². The first-order chi connectivity index (χ1) is 14.8. The molecule has 1 fully saturated rings. The van der Waals surface area contributed by atoms with Gasteiger partial charge in [-0.2, -0.15) is 0 Å². The van der Waals surface area contributed by atoms with E-state index in [2.05, 4.69) is 23.7 Å². The maximum atomic E-state index is 13.0. The number of fused-ring (bicyclic) bond motifs is 3. The molecule has 3 N–H and O–H groups in total. The quantitative estimate of drug-likeness (QED) is 0.628. The molecule has 2 aromatic heterocycles. The lowest BCUT2D eigenvalue weighted by Gasteiger charge is -2.30. The van der Waals surface area contributed by atoms with Crippen LogP contribution in [0.1, 0.15) is 59.5 Å². The second-order valence-electron chi connectivity index (χ2n) is 9.36. The summed E-state index contributed by atoms with van der Waals surface area (Å²) in [5.41, 5.74) is 9.67. The van der Waals surface area contributed by atoms with E-state index in [9.17, 15) is 9.59 Å². The van der Waals surface area contributed by atoms with Crippen LogP contribution in [-0.4, -0.2) is 35.5 Å². The number of nitrogens with zero attached hydrogens (tertiary/aromatic N) is 1. The molecular weight excluding hydrogens is 410 g/mol. The summed E-state index contributed by atoms with van der Waals surface area (Å²) in [6.45, 7) is 5.71. The lowest BCUT2D eigenvalue weighted by atomic mass is 9.76. The average Bonchev–Trinajstić information content (AvgIpc) is 3.27. The van der Waals surface area contributed by atoms with E-state index in [0.29, 0.717) is 25.2 Å². The van der Waals surface area contributed by atoms with Gasteiger partial charge in [0.25, 0.3) is 5.91 Å². The Balaban J connectivity index is 1.65. The summed E-state index contributed by atoms with van der Waals surface area (Å²) in [6, 6.07) is 8.01. The van der Waals surface area contributed by atoms with Gasteiger partial charge < -0.3 is 20.4 Å². The molecule has 162 valence electrons. The largest absolute Gasteiger partial charge is 0.381 e. The first-order valence-electron chi connectivity index (χ1n) is 10.8. The zero-order valence-electron chi connectivity index (χ0n) is 17.9. The minimum Gasteiger partial charge on any atom is -0.381 e. The standard InChI is InChI=1S/C24H27N3O3S/c1-24(2)12-19-21(20(28)13-24)17-7-10-31-23(17)27(19)15-3-4-16(22(25)29)18(11-15)26-14-5-8-30-9-6-14/h3-4,7,10-11,14,26H,5-6,8-9,12-13H2,1-2H3,(H2,25,29). The van der Waals surface area contributed by atoms with E-state index in [1.807, 2.05) is 23.6 Å². The van der Waals surface area contributed by atoms with Gasteiger partial charge in [0.1, 0.15) is 4.83 Å². The Morgan fingerprint density at radius 2 is 2.00 bits per heavy atom. The second-order valence-corrected chi connectivity index (χ2v) is 10.3. The molecule has 7 heteroatoms. The maximum absolute atomic E-state index is 13.0. The van der Waals surface area contributed by atoms with Crippen LogP contribution in [0.3, 0.4) is 0 Å². The van der Waals surface area contributed by atoms with Crippen molar-refractivity contribution in [2.75, 3.05) is 18.5 Å². The van der Waals surface area contributed by atoms with E-state index in [1.165, 1.54) is 0 Å². The number of benzene rings is 1. The van der Waals surface area contributed by atoms with Gasteiger partial charge in [-0.3, -0.25) is 9.59 Å². The molecule has 0 unspecified atom stereocenters. The van der Waals surface area contributed by atoms with Crippen molar-refractivity contribution in [2.24, 2.45) is 11.1 Å². The van der Waals surface area contributed by atoms with Crippen LogP contribution in [0, 0.1) is 5.41 Å². The molecule has 3 aromatic rings. The van der Waals surface area contributed by atoms with E-state index in [1.54, 1.807) is 17.4 Å². The summed E-state index contributed by atoms with van der Waals surface area (Å²) in [4.78, 5) is 26.2. The molecule has 0 spiro atoms. The van der Waals surface area contributed by atoms with Crippen molar-refractivity contribution in [2.45, 2.75) is 45.6 Å². The van der Waals surface area contributed by atoms with Crippen LogP contribution in [0.4, 0.5) is 5.69 Å². The number of ketones is 1. The second kappa shape index (κ2) is 7.50. The van der Waals surface area contributed by atoms with E-state index in [4.69, 9.17) is 10.5 Å². The minimum absolute atomic E-state index is 0.0847. The van der Waals surface area contributed by atoms with Gasteiger partial charge in [0, 0.05) is 53.7 Å². The van der Waals surface area contributed by atoms with Crippen molar-refractivity contribution in [3.63, 3.8) is 0 Å². The van der Waals surface area contributed by atoms with Crippen LogP contribution >= 0.6 is 11.3 Å². The van der Waals surface area contributed by atoms with Crippen LogP contribution < -0.4 is 11.1 Å². The third kappa shape index (κ3) is 3.55. The van der Waals surface area contributed by atoms with Crippen LogP contribution in [0.5, 0.6) is 0 Å². The van der Waals surface area contributed by atoms with Gasteiger partial charge in [-0.15, -0.1) is 11.3 Å². The predicted octanol–water partition coefficient (Wildman–Crippen LogP) is 4.54. The first-order valence-corrected chi connectivity index (χ1v) is 11.6. The van der Waals surface area contributed by atoms with Gasteiger partial charge in [-0.25, -0.2) is 0 Å².